The van der Waals surface area contributed by atoms with Gasteiger partial charge >= 0.3 is 6.03 Å². The fraction of sp³-hybridized carbons (Fsp3) is 0.541. The normalized spacial score (nSPS) is 31.5. The van der Waals surface area contributed by atoms with E-state index in [0.717, 1.165) is 18.6 Å². The first kappa shape index (κ1) is 37.1. The molecule has 5 aliphatic rings. The predicted molar refractivity (Wildman–Crippen MR) is 188 cm³/mol. The molecule has 3 fully saturated rings. The molecule has 3 amide bonds. The Bertz CT molecular complexity index is 1890. The minimum atomic E-state index is -2.08. The average molecular weight is 754 g/mol. The van der Waals surface area contributed by atoms with Crippen LogP contribution in [0, 0.1) is 0 Å². The SMILES string of the molecule is COc1cccc2c1C(=O)c1c(O)c3c(c(O)c1C2=O)CC(O)(C(C)=O)CC3O[C@@H]1C[C@@H](NC(=O)CCCC[C@@H]2SC[C@@H]3NC(=O)N[C@@H]32)[C@@H](O)[C@H](C)O1. The lowest BCUT2D eigenvalue weighted by Crippen LogP contribution is -2.55. The number of phenolic OH excluding ortho intramolecular Hbond substituents is 2. The number of nitrogens with one attached hydrogen (secondary N) is 3. The number of carbonyl (C=O) groups is 5. The molecule has 7 N–H and O–H groups in total. The Morgan fingerprint density at radius 1 is 1.08 bits per heavy atom. The van der Waals surface area contributed by atoms with Crippen molar-refractivity contribution in [1.29, 1.82) is 0 Å². The van der Waals surface area contributed by atoms with E-state index in [1.54, 1.807) is 18.7 Å². The summed E-state index contributed by atoms with van der Waals surface area (Å²) in [5.41, 5.74) is -3.34. The van der Waals surface area contributed by atoms with Gasteiger partial charge in [0.05, 0.1) is 54.1 Å². The zero-order valence-electron chi connectivity index (χ0n) is 29.5. The maximum Gasteiger partial charge on any atom is 0.315 e. The third-order valence-corrected chi connectivity index (χ3v) is 12.7. The first-order chi connectivity index (χ1) is 25.2. The number of fused-ring (bicyclic) bond motifs is 4. The zero-order valence-corrected chi connectivity index (χ0v) is 30.3. The number of amides is 3. The maximum absolute atomic E-state index is 13.9. The molecular weight excluding hydrogens is 710 g/mol. The van der Waals surface area contributed by atoms with Crippen molar-refractivity contribution in [2.75, 3.05) is 12.9 Å². The molecule has 0 spiro atoms. The fourth-order valence-electron chi connectivity index (χ4n) is 8.32. The van der Waals surface area contributed by atoms with E-state index in [1.807, 2.05) is 0 Å². The van der Waals surface area contributed by atoms with Gasteiger partial charge < -0.3 is 50.6 Å². The minimum absolute atomic E-state index is 0.0410. The molecule has 2 aliphatic carbocycles. The number of benzene rings is 2. The Balaban J connectivity index is 1.09. The number of carbonyl (C=O) groups excluding carboxylic acids is 5. The zero-order chi connectivity index (χ0) is 37.9. The van der Waals surface area contributed by atoms with Crippen LogP contribution in [0.4, 0.5) is 4.79 Å². The van der Waals surface area contributed by atoms with Crippen LogP contribution in [0.1, 0.15) is 101 Å². The minimum Gasteiger partial charge on any atom is -0.507 e. The van der Waals surface area contributed by atoms with E-state index in [1.165, 1.54) is 32.2 Å². The number of aliphatic hydroxyl groups excluding tert-OH is 1. The summed E-state index contributed by atoms with van der Waals surface area (Å²) < 4.78 is 17.6. The van der Waals surface area contributed by atoms with Crippen LogP contribution >= 0.6 is 11.8 Å². The second kappa shape index (κ2) is 14.2. The number of ether oxygens (including phenoxy) is 3. The molecule has 3 saturated heterocycles. The molecule has 2 aromatic rings. The van der Waals surface area contributed by atoms with E-state index < -0.39 is 89.1 Å². The summed E-state index contributed by atoms with van der Waals surface area (Å²) >= 11 is 1.80. The second-order valence-electron chi connectivity index (χ2n) is 14.5. The van der Waals surface area contributed by atoms with Crippen LogP contribution in [0.5, 0.6) is 17.2 Å². The molecule has 2 unspecified atom stereocenters. The number of urea groups is 1. The first-order valence-electron chi connectivity index (χ1n) is 17.8. The highest BCUT2D eigenvalue weighted by Crippen LogP contribution is 2.52. The van der Waals surface area contributed by atoms with Gasteiger partial charge in [0.15, 0.2) is 17.9 Å². The quantitative estimate of drug-likeness (QED) is 0.0893. The third-order valence-electron chi connectivity index (χ3n) is 11.2. The summed E-state index contributed by atoms with van der Waals surface area (Å²) in [5.74, 6) is -2.82. The lowest BCUT2D eigenvalue weighted by Gasteiger charge is -2.42. The first-order valence-corrected chi connectivity index (χ1v) is 18.8. The molecule has 53 heavy (non-hydrogen) atoms. The number of hydrogen-bond donors (Lipinski definition) is 7. The van der Waals surface area contributed by atoms with Crippen molar-refractivity contribution in [3.05, 3.63) is 51.6 Å². The predicted octanol–water partition coefficient (Wildman–Crippen LogP) is 1.91. The smallest absolute Gasteiger partial charge is 0.315 e. The highest BCUT2D eigenvalue weighted by Gasteiger charge is 2.50. The van der Waals surface area contributed by atoms with Crippen molar-refractivity contribution in [3.63, 3.8) is 0 Å². The van der Waals surface area contributed by atoms with Gasteiger partial charge in [0.25, 0.3) is 0 Å². The van der Waals surface area contributed by atoms with Gasteiger partial charge in [0.1, 0.15) is 29.0 Å². The molecular formula is C37H43N3O12S. The van der Waals surface area contributed by atoms with Crippen LogP contribution in [0.25, 0.3) is 0 Å². The summed E-state index contributed by atoms with van der Waals surface area (Å²) in [5, 5.41) is 54.8. The number of methoxy groups -OCH3 is 1. The van der Waals surface area contributed by atoms with Gasteiger partial charge in [-0.05, 0) is 32.8 Å². The number of thioether (sulfide) groups is 1. The molecule has 3 heterocycles. The van der Waals surface area contributed by atoms with E-state index in [2.05, 4.69) is 16.0 Å². The topological polar surface area (TPSA) is 230 Å². The van der Waals surface area contributed by atoms with Crippen molar-refractivity contribution < 1.29 is 58.6 Å². The molecule has 0 bridgehead atoms. The van der Waals surface area contributed by atoms with Crippen molar-refractivity contribution in [2.24, 2.45) is 0 Å². The molecule has 284 valence electrons. The number of phenols is 2. The summed E-state index contributed by atoms with van der Waals surface area (Å²) in [6.45, 7) is 2.76. The number of aliphatic hydroxyl groups is 2. The van der Waals surface area contributed by atoms with Gasteiger partial charge in [-0.25, -0.2) is 4.79 Å². The number of Topliss-reactive ketones (excluding diaryl/α,β-unsaturated/α-hetero) is 1. The van der Waals surface area contributed by atoms with Crippen LogP contribution in [0.15, 0.2) is 18.2 Å². The maximum atomic E-state index is 13.9. The molecule has 2 aromatic carbocycles. The molecule has 0 aromatic heterocycles. The Labute approximate surface area is 309 Å². The Kier molecular flexibility index (Phi) is 9.95. The molecule has 7 rings (SSSR count). The van der Waals surface area contributed by atoms with E-state index in [9.17, 15) is 44.4 Å². The summed E-state index contributed by atoms with van der Waals surface area (Å²) in [6.07, 6.45) is -2.87. The van der Waals surface area contributed by atoms with E-state index in [-0.39, 0.29) is 70.1 Å². The molecule has 16 heteroatoms. The van der Waals surface area contributed by atoms with Gasteiger partial charge in [0, 0.05) is 53.4 Å². The van der Waals surface area contributed by atoms with Gasteiger partial charge in [-0.2, -0.15) is 11.8 Å². The molecule has 9 atom stereocenters. The van der Waals surface area contributed by atoms with Crippen LogP contribution in [0.2, 0.25) is 0 Å². The lowest BCUT2D eigenvalue weighted by molar-refractivity contribution is -0.249. The summed E-state index contributed by atoms with van der Waals surface area (Å²) in [4.78, 5) is 65.1. The van der Waals surface area contributed by atoms with E-state index in [4.69, 9.17) is 14.2 Å². The number of rotatable bonds is 10. The van der Waals surface area contributed by atoms with Gasteiger partial charge in [0.2, 0.25) is 11.7 Å². The second-order valence-corrected chi connectivity index (χ2v) is 15.8. The molecule has 0 saturated carbocycles. The standard InChI is InChI=1S/C37H43N3O12S/c1-15-31(43)19(38-24(42)10-5-4-9-23-30-20(14-53-23)39-36(48)40-30)11-25(51-15)52-22-13-37(49,16(2)41)12-18-27(22)35(47)29-28(33(18)45)32(44)17-7-6-8-21(50-3)26(17)34(29)46/h6-8,15,19-20,22-23,25,30-31,43,45,47,49H,4-5,9-14H2,1-3H3,(H,38,42)(H2,39,40,48)/t15-,19+,20-,22?,23-,25+,30-,31-,37?/m0/s1. The summed E-state index contributed by atoms with van der Waals surface area (Å²) in [7, 11) is 1.33. The Hall–Kier alpha value is -4.22. The van der Waals surface area contributed by atoms with Crippen LogP contribution in [0.3, 0.4) is 0 Å². The fourth-order valence-corrected chi connectivity index (χ4v) is 9.86. The van der Waals surface area contributed by atoms with Crippen LogP contribution < -0.4 is 20.7 Å². The number of unbranched alkanes of at least 4 members (excludes halogenated alkanes) is 1. The third kappa shape index (κ3) is 6.54. The van der Waals surface area contributed by atoms with Gasteiger partial charge in [-0.15, -0.1) is 0 Å². The monoisotopic (exact) mass is 753 g/mol. The van der Waals surface area contributed by atoms with Gasteiger partial charge in [-0.1, -0.05) is 18.6 Å². The van der Waals surface area contributed by atoms with E-state index >= 15 is 0 Å². The summed E-state index contributed by atoms with van der Waals surface area (Å²) in [6, 6.07) is 3.67. The van der Waals surface area contributed by atoms with Crippen molar-refractivity contribution in [3.8, 4) is 17.2 Å². The molecule has 0 radical (unpaired) electrons. The lowest BCUT2D eigenvalue weighted by atomic mass is 9.72. The largest absolute Gasteiger partial charge is 0.507 e. The number of hydrogen-bond acceptors (Lipinski definition) is 13. The van der Waals surface area contributed by atoms with Crippen molar-refractivity contribution >= 4 is 41.0 Å². The highest BCUT2D eigenvalue weighted by molar-refractivity contribution is 8.00. The molecule has 15 nitrogen and oxygen atoms in total. The highest BCUT2D eigenvalue weighted by atomic mass is 32.2. The van der Waals surface area contributed by atoms with Crippen molar-refractivity contribution in [2.45, 2.75) is 112 Å². The number of aromatic hydroxyl groups is 2. The van der Waals surface area contributed by atoms with E-state index in [0.29, 0.717) is 6.42 Å². The Morgan fingerprint density at radius 2 is 1.83 bits per heavy atom. The van der Waals surface area contributed by atoms with Crippen LogP contribution in [-0.4, -0.2) is 110 Å². The average Bonchev–Trinajstić information content (AvgIpc) is 3.67. The van der Waals surface area contributed by atoms with Crippen molar-refractivity contribution in [1.82, 2.24) is 16.0 Å². The van der Waals surface area contributed by atoms with Crippen LogP contribution in [-0.2, 0) is 25.5 Å². The van der Waals surface area contributed by atoms with Gasteiger partial charge in [-0.3, -0.25) is 19.2 Å². The Morgan fingerprint density at radius 3 is 2.57 bits per heavy atom. The molecule has 3 aliphatic heterocycles. The number of ketones is 3.